The number of benzene rings is 1. The van der Waals surface area contributed by atoms with Crippen molar-refractivity contribution in [3.05, 3.63) is 87.6 Å². The predicted octanol–water partition coefficient (Wildman–Crippen LogP) is 0.912. The van der Waals surface area contributed by atoms with E-state index in [9.17, 15) is 23.9 Å². The van der Waals surface area contributed by atoms with Gasteiger partial charge in [0.1, 0.15) is 5.82 Å². The van der Waals surface area contributed by atoms with Crippen LogP contribution in [0.25, 0.3) is 0 Å². The SMILES string of the molecule is O=C(CNCc1ccccn1)c1nc(C(=O)NCc2ccc(F)cc2)c(O)c(=O)[nH]1. The molecule has 9 nitrogen and oxygen atoms in total. The van der Waals surface area contributed by atoms with Crippen molar-refractivity contribution in [1.29, 1.82) is 0 Å². The Morgan fingerprint density at radius 3 is 2.57 bits per heavy atom. The van der Waals surface area contributed by atoms with Crippen LogP contribution in [0.4, 0.5) is 4.39 Å². The number of aromatic amines is 1. The summed E-state index contributed by atoms with van der Waals surface area (Å²) in [5.74, 6) is -3.10. The first-order valence-electron chi connectivity index (χ1n) is 8.94. The number of ketones is 1. The third-order valence-corrected chi connectivity index (χ3v) is 4.06. The Labute approximate surface area is 170 Å². The number of nitrogens with one attached hydrogen (secondary N) is 3. The van der Waals surface area contributed by atoms with Gasteiger partial charge in [0.2, 0.25) is 11.5 Å². The Kier molecular flexibility index (Phi) is 6.60. The van der Waals surface area contributed by atoms with Gasteiger partial charge in [0.05, 0.1) is 12.2 Å². The molecule has 0 aliphatic heterocycles. The van der Waals surface area contributed by atoms with E-state index in [1.807, 2.05) is 6.07 Å². The molecule has 3 rings (SSSR count). The lowest BCUT2D eigenvalue weighted by molar-refractivity contribution is 0.0941. The molecule has 154 valence electrons. The fourth-order valence-corrected chi connectivity index (χ4v) is 2.52. The molecule has 0 bridgehead atoms. The highest BCUT2D eigenvalue weighted by atomic mass is 19.1. The minimum atomic E-state index is -1.01. The fourth-order valence-electron chi connectivity index (χ4n) is 2.52. The summed E-state index contributed by atoms with van der Waals surface area (Å²) >= 11 is 0. The molecule has 0 aliphatic rings. The van der Waals surface area contributed by atoms with Gasteiger partial charge in [-0.3, -0.25) is 19.4 Å². The Hall–Kier alpha value is -3.92. The number of rotatable bonds is 8. The first-order valence-corrected chi connectivity index (χ1v) is 8.94. The predicted molar refractivity (Wildman–Crippen MR) is 104 cm³/mol. The van der Waals surface area contributed by atoms with E-state index in [2.05, 4.69) is 25.6 Å². The lowest BCUT2D eigenvalue weighted by atomic mass is 10.2. The number of aromatic nitrogens is 3. The average Bonchev–Trinajstić information content (AvgIpc) is 2.75. The zero-order valence-electron chi connectivity index (χ0n) is 15.7. The van der Waals surface area contributed by atoms with E-state index in [0.29, 0.717) is 12.1 Å². The molecule has 0 aliphatic carbocycles. The molecular formula is C20H18FN5O4. The minimum absolute atomic E-state index is 0.0158. The Balaban J connectivity index is 1.66. The molecule has 10 heteroatoms. The molecule has 2 heterocycles. The Morgan fingerprint density at radius 2 is 1.87 bits per heavy atom. The summed E-state index contributed by atoms with van der Waals surface area (Å²) in [6, 6.07) is 10.8. The quantitative estimate of drug-likeness (QED) is 0.404. The number of hydrogen-bond donors (Lipinski definition) is 4. The molecule has 0 saturated carbocycles. The zero-order valence-corrected chi connectivity index (χ0v) is 15.7. The lowest BCUT2D eigenvalue weighted by Gasteiger charge is -2.08. The van der Waals surface area contributed by atoms with Crippen LogP contribution in [0.3, 0.4) is 0 Å². The Bertz CT molecular complexity index is 1100. The number of aromatic hydroxyl groups is 1. The van der Waals surface area contributed by atoms with E-state index in [4.69, 9.17) is 0 Å². The minimum Gasteiger partial charge on any atom is -0.501 e. The van der Waals surface area contributed by atoms with E-state index in [1.165, 1.54) is 24.3 Å². The van der Waals surface area contributed by atoms with Crippen molar-refractivity contribution in [2.45, 2.75) is 13.1 Å². The molecule has 0 radical (unpaired) electrons. The fraction of sp³-hybridized carbons (Fsp3) is 0.150. The number of nitrogens with zero attached hydrogens (tertiary/aromatic N) is 2. The summed E-state index contributed by atoms with van der Waals surface area (Å²) in [6.45, 7) is 0.169. The maximum atomic E-state index is 12.9. The molecule has 0 fully saturated rings. The van der Waals surface area contributed by atoms with Crippen molar-refractivity contribution in [1.82, 2.24) is 25.6 Å². The smallest absolute Gasteiger partial charge is 0.294 e. The molecule has 2 aromatic heterocycles. The molecule has 0 unspecified atom stereocenters. The van der Waals surface area contributed by atoms with E-state index in [0.717, 1.165) is 5.69 Å². The topological polar surface area (TPSA) is 137 Å². The van der Waals surface area contributed by atoms with Crippen LogP contribution >= 0.6 is 0 Å². The van der Waals surface area contributed by atoms with Crippen LogP contribution in [-0.4, -0.2) is 38.3 Å². The van der Waals surface area contributed by atoms with Crippen LogP contribution in [-0.2, 0) is 13.1 Å². The average molecular weight is 411 g/mol. The van der Waals surface area contributed by atoms with Crippen LogP contribution in [0.5, 0.6) is 5.75 Å². The molecule has 0 saturated heterocycles. The van der Waals surface area contributed by atoms with E-state index in [-0.39, 0.29) is 18.9 Å². The zero-order chi connectivity index (χ0) is 21.5. The third kappa shape index (κ3) is 5.32. The molecule has 30 heavy (non-hydrogen) atoms. The molecule has 0 spiro atoms. The first kappa shape index (κ1) is 20.8. The number of H-pyrrole nitrogens is 1. The molecule has 1 amide bonds. The summed E-state index contributed by atoms with van der Waals surface area (Å²) in [5, 5.41) is 15.2. The summed E-state index contributed by atoms with van der Waals surface area (Å²) in [4.78, 5) is 46.6. The van der Waals surface area contributed by atoms with Gasteiger partial charge in [0, 0.05) is 19.3 Å². The second-order valence-corrected chi connectivity index (χ2v) is 6.27. The van der Waals surface area contributed by atoms with Crippen molar-refractivity contribution in [2.75, 3.05) is 6.54 Å². The van der Waals surface area contributed by atoms with Crippen LogP contribution < -0.4 is 16.2 Å². The van der Waals surface area contributed by atoms with Crippen molar-refractivity contribution in [3.8, 4) is 5.75 Å². The monoisotopic (exact) mass is 411 g/mol. The number of halogens is 1. The van der Waals surface area contributed by atoms with Crippen molar-refractivity contribution in [3.63, 3.8) is 0 Å². The molecule has 3 aromatic rings. The van der Waals surface area contributed by atoms with Gasteiger partial charge in [-0.2, -0.15) is 0 Å². The highest BCUT2D eigenvalue weighted by molar-refractivity contribution is 5.98. The second kappa shape index (κ2) is 9.52. The molecule has 0 atom stereocenters. The van der Waals surface area contributed by atoms with Gasteiger partial charge in [0.25, 0.3) is 11.5 Å². The van der Waals surface area contributed by atoms with Gasteiger partial charge < -0.3 is 20.7 Å². The highest BCUT2D eigenvalue weighted by Crippen LogP contribution is 2.09. The summed E-state index contributed by atoms with van der Waals surface area (Å²) in [7, 11) is 0. The van der Waals surface area contributed by atoms with Gasteiger partial charge in [-0.25, -0.2) is 9.37 Å². The van der Waals surface area contributed by atoms with Crippen molar-refractivity contribution >= 4 is 11.7 Å². The maximum absolute atomic E-state index is 12.9. The van der Waals surface area contributed by atoms with E-state index in [1.54, 1.807) is 18.3 Å². The van der Waals surface area contributed by atoms with Gasteiger partial charge in [-0.15, -0.1) is 0 Å². The Morgan fingerprint density at radius 1 is 1.10 bits per heavy atom. The lowest BCUT2D eigenvalue weighted by Crippen LogP contribution is -2.30. The van der Waals surface area contributed by atoms with E-state index < -0.39 is 34.5 Å². The first-order chi connectivity index (χ1) is 14.4. The summed E-state index contributed by atoms with van der Waals surface area (Å²) in [5.41, 5.74) is -0.263. The molecular weight excluding hydrogens is 393 g/mol. The number of carbonyl (C=O) groups excluding carboxylic acids is 2. The number of amides is 1. The maximum Gasteiger partial charge on any atom is 0.294 e. The van der Waals surface area contributed by atoms with Gasteiger partial charge in [-0.05, 0) is 29.8 Å². The highest BCUT2D eigenvalue weighted by Gasteiger charge is 2.20. The largest absolute Gasteiger partial charge is 0.501 e. The standard InChI is InChI=1S/C20H18FN5O4/c21-13-6-4-12(5-7-13)9-24-19(29)16-17(28)20(30)26-18(25-16)15(27)11-22-10-14-3-1-2-8-23-14/h1-8,22,28H,9-11H2,(H,24,29)(H,25,26,30). The van der Waals surface area contributed by atoms with Crippen molar-refractivity contribution in [2.24, 2.45) is 0 Å². The third-order valence-electron chi connectivity index (χ3n) is 4.06. The second-order valence-electron chi connectivity index (χ2n) is 6.27. The summed E-state index contributed by atoms with van der Waals surface area (Å²) < 4.78 is 12.9. The number of carbonyl (C=O) groups is 2. The number of Topliss-reactive ketones (excluding diaryl/α,β-unsaturated/α-hetero) is 1. The number of hydrogen-bond acceptors (Lipinski definition) is 7. The van der Waals surface area contributed by atoms with Crippen LogP contribution in [0.1, 0.15) is 32.4 Å². The van der Waals surface area contributed by atoms with Gasteiger partial charge >= 0.3 is 0 Å². The van der Waals surface area contributed by atoms with Crippen LogP contribution in [0.2, 0.25) is 0 Å². The summed E-state index contributed by atoms with van der Waals surface area (Å²) in [6.07, 6.45) is 1.62. The van der Waals surface area contributed by atoms with Crippen LogP contribution in [0, 0.1) is 5.82 Å². The number of pyridine rings is 1. The van der Waals surface area contributed by atoms with Gasteiger partial charge in [-0.1, -0.05) is 18.2 Å². The van der Waals surface area contributed by atoms with Crippen molar-refractivity contribution < 1.29 is 19.1 Å². The molecule has 4 N–H and O–H groups in total. The van der Waals surface area contributed by atoms with Gasteiger partial charge in [0.15, 0.2) is 11.5 Å². The normalized spacial score (nSPS) is 10.6. The van der Waals surface area contributed by atoms with E-state index >= 15 is 0 Å². The molecule has 1 aromatic carbocycles. The van der Waals surface area contributed by atoms with Crippen LogP contribution in [0.15, 0.2) is 53.5 Å².